The maximum absolute atomic E-state index is 12.4. The predicted molar refractivity (Wildman–Crippen MR) is 107 cm³/mol. The Bertz CT molecular complexity index is 971. The van der Waals surface area contributed by atoms with Gasteiger partial charge in [-0.15, -0.1) is 11.8 Å². The van der Waals surface area contributed by atoms with E-state index in [4.69, 9.17) is 4.74 Å². The number of pyridine rings is 1. The van der Waals surface area contributed by atoms with Gasteiger partial charge in [-0.1, -0.05) is 12.1 Å². The average Bonchev–Trinajstić information content (AvgIpc) is 2.68. The number of anilines is 1. The minimum absolute atomic E-state index is 0.248. The molecule has 0 aliphatic carbocycles. The molecular weight excluding hydrogens is 360 g/mol. The van der Waals surface area contributed by atoms with E-state index in [9.17, 15) is 9.59 Å². The van der Waals surface area contributed by atoms with Gasteiger partial charge in [0.05, 0.1) is 11.1 Å². The Labute approximate surface area is 161 Å². The summed E-state index contributed by atoms with van der Waals surface area (Å²) in [4.78, 5) is 28.9. The van der Waals surface area contributed by atoms with Gasteiger partial charge in [0.2, 0.25) is 0 Å². The smallest absolute Gasteiger partial charge is 0.343 e. The maximum Gasteiger partial charge on any atom is 0.343 e. The van der Waals surface area contributed by atoms with Crippen molar-refractivity contribution in [2.75, 3.05) is 11.6 Å². The lowest BCUT2D eigenvalue weighted by Crippen LogP contribution is -2.14. The van der Waals surface area contributed by atoms with E-state index in [-0.39, 0.29) is 5.91 Å². The van der Waals surface area contributed by atoms with Crippen LogP contribution in [-0.2, 0) is 0 Å². The van der Waals surface area contributed by atoms with Crippen molar-refractivity contribution in [2.24, 2.45) is 0 Å². The predicted octanol–water partition coefficient (Wildman–Crippen LogP) is 4.58. The molecule has 6 heteroatoms. The summed E-state index contributed by atoms with van der Waals surface area (Å²) >= 11 is 1.41. The number of rotatable bonds is 5. The number of aryl methyl sites for hydroxylation is 1. The molecule has 0 aliphatic rings. The lowest BCUT2D eigenvalue weighted by atomic mass is 10.2. The molecule has 0 fully saturated rings. The molecule has 0 spiro atoms. The SMILES string of the molecule is CSc1ncccc1C(=O)Nc1ccc(C(=O)Oc2cccc(C)c2)cc1. The first kappa shape index (κ1) is 18.7. The van der Waals surface area contributed by atoms with E-state index in [1.807, 2.05) is 25.3 Å². The first-order chi connectivity index (χ1) is 13.1. The second kappa shape index (κ2) is 8.51. The molecule has 1 N–H and O–H groups in total. The molecular formula is C21H18N2O3S. The number of hydrogen-bond acceptors (Lipinski definition) is 5. The van der Waals surface area contributed by atoms with E-state index >= 15 is 0 Å². The third kappa shape index (κ3) is 4.74. The highest BCUT2D eigenvalue weighted by Gasteiger charge is 2.13. The largest absolute Gasteiger partial charge is 0.423 e. The van der Waals surface area contributed by atoms with E-state index in [0.29, 0.717) is 27.6 Å². The Balaban J connectivity index is 1.68. The molecule has 136 valence electrons. The topological polar surface area (TPSA) is 68.3 Å². The molecule has 5 nitrogen and oxygen atoms in total. The second-order valence-corrected chi connectivity index (χ2v) is 6.59. The zero-order chi connectivity index (χ0) is 19.2. The van der Waals surface area contributed by atoms with E-state index in [0.717, 1.165) is 5.56 Å². The van der Waals surface area contributed by atoms with Crippen molar-refractivity contribution in [1.82, 2.24) is 4.98 Å². The van der Waals surface area contributed by atoms with Gasteiger partial charge in [0.15, 0.2) is 0 Å². The van der Waals surface area contributed by atoms with Gasteiger partial charge in [0, 0.05) is 11.9 Å². The Kier molecular flexibility index (Phi) is 5.88. The van der Waals surface area contributed by atoms with Crippen molar-refractivity contribution in [2.45, 2.75) is 11.9 Å². The summed E-state index contributed by atoms with van der Waals surface area (Å²) < 4.78 is 5.36. The van der Waals surface area contributed by atoms with Gasteiger partial charge in [-0.2, -0.15) is 0 Å². The molecule has 0 saturated heterocycles. The molecule has 0 unspecified atom stereocenters. The van der Waals surface area contributed by atoms with Crippen molar-refractivity contribution in [3.8, 4) is 5.75 Å². The lowest BCUT2D eigenvalue weighted by Gasteiger charge is -2.09. The van der Waals surface area contributed by atoms with Crippen LogP contribution < -0.4 is 10.1 Å². The Morgan fingerprint density at radius 1 is 1.04 bits per heavy atom. The third-order valence-electron chi connectivity index (χ3n) is 3.79. The summed E-state index contributed by atoms with van der Waals surface area (Å²) in [7, 11) is 0. The third-order valence-corrected chi connectivity index (χ3v) is 4.50. The first-order valence-electron chi connectivity index (χ1n) is 8.26. The molecule has 27 heavy (non-hydrogen) atoms. The van der Waals surface area contributed by atoms with Crippen molar-refractivity contribution in [3.05, 3.63) is 83.6 Å². The fraction of sp³-hybridized carbons (Fsp3) is 0.0952. The number of aromatic nitrogens is 1. The molecule has 1 heterocycles. The number of amides is 1. The maximum atomic E-state index is 12.4. The molecule has 3 rings (SSSR count). The number of nitrogens with zero attached hydrogens (tertiary/aromatic N) is 1. The van der Waals surface area contributed by atoms with Crippen LogP contribution in [-0.4, -0.2) is 23.1 Å². The minimum Gasteiger partial charge on any atom is -0.423 e. The summed E-state index contributed by atoms with van der Waals surface area (Å²) in [6.45, 7) is 1.93. The Morgan fingerprint density at radius 3 is 2.52 bits per heavy atom. The Morgan fingerprint density at radius 2 is 1.81 bits per heavy atom. The van der Waals surface area contributed by atoms with Crippen LogP contribution in [0.1, 0.15) is 26.3 Å². The highest BCUT2D eigenvalue weighted by molar-refractivity contribution is 7.98. The molecule has 2 aromatic carbocycles. The normalized spacial score (nSPS) is 10.3. The van der Waals surface area contributed by atoms with Crippen molar-refractivity contribution < 1.29 is 14.3 Å². The van der Waals surface area contributed by atoms with Crippen molar-refractivity contribution in [3.63, 3.8) is 0 Å². The van der Waals surface area contributed by atoms with Crippen LogP contribution in [0.4, 0.5) is 5.69 Å². The fourth-order valence-corrected chi connectivity index (χ4v) is 3.01. The highest BCUT2D eigenvalue weighted by Crippen LogP contribution is 2.19. The Hall–Kier alpha value is -3.12. The van der Waals surface area contributed by atoms with Gasteiger partial charge in [-0.3, -0.25) is 4.79 Å². The summed E-state index contributed by atoms with van der Waals surface area (Å²) in [6, 6.07) is 17.3. The summed E-state index contributed by atoms with van der Waals surface area (Å²) in [5.74, 6) is -0.198. The van der Waals surface area contributed by atoms with Crippen LogP contribution in [0.25, 0.3) is 0 Å². The molecule has 0 aliphatic heterocycles. The van der Waals surface area contributed by atoms with Crippen molar-refractivity contribution in [1.29, 1.82) is 0 Å². The number of ether oxygens (including phenoxy) is 1. The van der Waals surface area contributed by atoms with Crippen molar-refractivity contribution >= 4 is 29.3 Å². The zero-order valence-electron chi connectivity index (χ0n) is 14.9. The summed E-state index contributed by atoms with van der Waals surface area (Å²) in [5.41, 5.74) is 2.51. The lowest BCUT2D eigenvalue weighted by molar-refractivity contribution is 0.0734. The van der Waals surface area contributed by atoms with Gasteiger partial charge < -0.3 is 10.1 Å². The fourth-order valence-electron chi connectivity index (χ4n) is 2.46. The van der Waals surface area contributed by atoms with Gasteiger partial charge in [0.25, 0.3) is 5.91 Å². The molecule has 1 amide bonds. The van der Waals surface area contributed by atoms with E-state index in [1.165, 1.54) is 11.8 Å². The summed E-state index contributed by atoms with van der Waals surface area (Å²) in [6.07, 6.45) is 3.52. The number of esters is 1. The standard InChI is InChI=1S/C21H18N2O3S/c1-14-5-3-6-17(13-14)26-21(25)15-8-10-16(11-9-15)23-19(24)18-7-4-12-22-20(18)27-2/h3-13H,1-2H3,(H,23,24). The van der Waals surface area contributed by atoms with Gasteiger partial charge in [0.1, 0.15) is 10.8 Å². The van der Waals surface area contributed by atoms with Crippen LogP contribution in [0.5, 0.6) is 5.75 Å². The van der Waals surface area contributed by atoms with E-state index in [1.54, 1.807) is 54.7 Å². The quantitative estimate of drug-likeness (QED) is 0.400. The first-order valence-corrected chi connectivity index (χ1v) is 9.48. The van der Waals surface area contributed by atoms with Gasteiger partial charge in [-0.05, 0) is 67.3 Å². The molecule has 3 aromatic rings. The molecule has 0 saturated carbocycles. The monoisotopic (exact) mass is 378 g/mol. The number of thioether (sulfide) groups is 1. The van der Waals surface area contributed by atoms with E-state index < -0.39 is 5.97 Å². The highest BCUT2D eigenvalue weighted by atomic mass is 32.2. The molecule has 0 bridgehead atoms. The van der Waals surface area contributed by atoms with Gasteiger partial charge in [-0.25, -0.2) is 9.78 Å². The number of carbonyl (C=O) groups excluding carboxylic acids is 2. The second-order valence-electron chi connectivity index (χ2n) is 5.80. The van der Waals surface area contributed by atoms with Gasteiger partial charge >= 0.3 is 5.97 Å². The van der Waals surface area contributed by atoms with Crippen LogP contribution in [0.3, 0.4) is 0 Å². The number of benzene rings is 2. The minimum atomic E-state index is -0.449. The van der Waals surface area contributed by atoms with Crippen LogP contribution in [0, 0.1) is 6.92 Å². The molecule has 0 atom stereocenters. The molecule has 1 aromatic heterocycles. The molecule has 0 radical (unpaired) electrons. The van der Waals surface area contributed by atoms with Crippen LogP contribution >= 0.6 is 11.8 Å². The van der Waals surface area contributed by atoms with E-state index in [2.05, 4.69) is 10.3 Å². The zero-order valence-corrected chi connectivity index (χ0v) is 15.7. The number of hydrogen-bond donors (Lipinski definition) is 1. The van der Waals surface area contributed by atoms with Crippen LogP contribution in [0.2, 0.25) is 0 Å². The number of nitrogens with one attached hydrogen (secondary N) is 1. The average molecular weight is 378 g/mol. The van der Waals surface area contributed by atoms with Crippen LogP contribution in [0.15, 0.2) is 71.9 Å². The number of carbonyl (C=O) groups is 2. The summed E-state index contributed by atoms with van der Waals surface area (Å²) in [5, 5.41) is 3.47.